The van der Waals surface area contributed by atoms with Crippen LogP contribution in [0.25, 0.3) is 5.76 Å². The molecule has 0 saturated carbocycles. The third-order valence-corrected chi connectivity index (χ3v) is 4.51. The first-order valence-corrected chi connectivity index (χ1v) is 8.61. The SMILES string of the molecule is COc1ccc(C(O)=C2C(=O)C(=O)N(CCCN)[C@@H]2c2cccnc2)cc1. The Bertz CT molecular complexity index is 863. The summed E-state index contributed by atoms with van der Waals surface area (Å²) in [4.78, 5) is 30.8. The summed E-state index contributed by atoms with van der Waals surface area (Å²) in [5, 5.41) is 10.8. The maximum absolute atomic E-state index is 12.7. The Hall–Kier alpha value is -3.19. The number of pyridine rings is 1. The second-order valence-corrected chi connectivity index (χ2v) is 6.15. The first kappa shape index (κ1) is 18.6. The lowest BCUT2D eigenvalue weighted by Crippen LogP contribution is -2.31. The summed E-state index contributed by atoms with van der Waals surface area (Å²) in [6.45, 7) is 0.710. The van der Waals surface area contributed by atoms with E-state index < -0.39 is 17.7 Å². The van der Waals surface area contributed by atoms with E-state index in [2.05, 4.69) is 4.98 Å². The van der Waals surface area contributed by atoms with Crippen molar-refractivity contribution in [2.75, 3.05) is 20.2 Å². The maximum atomic E-state index is 12.7. The molecule has 27 heavy (non-hydrogen) atoms. The number of amides is 1. The molecular weight excluding hydrogens is 346 g/mol. The van der Waals surface area contributed by atoms with E-state index in [-0.39, 0.29) is 11.3 Å². The predicted molar refractivity (Wildman–Crippen MR) is 99.9 cm³/mol. The van der Waals surface area contributed by atoms with Crippen molar-refractivity contribution in [2.24, 2.45) is 5.73 Å². The number of likely N-dealkylation sites (tertiary alicyclic amines) is 1. The van der Waals surface area contributed by atoms with Crippen LogP contribution in [0.15, 0.2) is 54.4 Å². The lowest BCUT2D eigenvalue weighted by molar-refractivity contribution is -0.139. The molecule has 0 bridgehead atoms. The molecule has 1 fully saturated rings. The van der Waals surface area contributed by atoms with Gasteiger partial charge in [-0.3, -0.25) is 14.6 Å². The number of ketones is 1. The predicted octanol–water partition coefficient (Wildman–Crippen LogP) is 1.86. The Labute approximate surface area is 157 Å². The molecule has 140 valence electrons. The minimum atomic E-state index is -0.714. The first-order chi connectivity index (χ1) is 13.1. The van der Waals surface area contributed by atoms with Crippen LogP contribution < -0.4 is 10.5 Å². The molecule has 1 aromatic heterocycles. The number of nitrogens with two attached hydrogens (primary N) is 1. The number of aromatic nitrogens is 1. The molecule has 1 atom stereocenters. The van der Waals surface area contributed by atoms with Crippen LogP contribution in [0.5, 0.6) is 5.75 Å². The minimum Gasteiger partial charge on any atom is -0.507 e. The van der Waals surface area contributed by atoms with E-state index in [9.17, 15) is 14.7 Å². The third-order valence-electron chi connectivity index (χ3n) is 4.51. The van der Waals surface area contributed by atoms with Crippen molar-refractivity contribution in [1.82, 2.24) is 9.88 Å². The van der Waals surface area contributed by atoms with Crippen LogP contribution >= 0.6 is 0 Å². The molecule has 7 heteroatoms. The molecule has 3 N–H and O–H groups in total. The Morgan fingerprint density at radius 3 is 2.59 bits per heavy atom. The quantitative estimate of drug-likeness (QED) is 0.459. The number of methoxy groups -OCH3 is 1. The highest BCUT2D eigenvalue weighted by Crippen LogP contribution is 2.39. The zero-order valence-corrected chi connectivity index (χ0v) is 15.0. The van der Waals surface area contributed by atoms with Gasteiger partial charge in [-0.2, -0.15) is 0 Å². The summed E-state index contributed by atoms with van der Waals surface area (Å²) in [7, 11) is 1.54. The molecule has 2 aromatic rings. The Morgan fingerprint density at radius 2 is 2.00 bits per heavy atom. The number of benzene rings is 1. The zero-order chi connectivity index (χ0) is 19.4. The van der Waals surface area contributed by atoms with E-state index in [1.807, 2.05) is 0 Å². The standard InChI is InChI=1S/C20H21N3O4/c1-27-15-7-5-13(6-8-15)18(24)16-17(14-4-2-10-22-12-14)23(11-3-9-21)20(26)19(16)25/h2,4-8,10,12,17,24H,3,9,11,21H2,1H3/t17-/m1/s1. The smallest absolute Gasteiger partial charge is 0.295 e. The molecule has 1 aliphatic rings. The fourth-order valence-electron chi connectivity index (χ4n) is 3.16. The van der Waals surface area contributed by atoms with Crippen molar-refractivity contribution < 1.29 is 19.4 Å². The fourth-order valence-corrected chi connectivity index (χ4v) is 3.16. The van der Waals surface area contributed by atoms with E-state index in [0.717, 1.165) is 0 Å². The topological polar surface area (TPSA) is 106 Å². The van der Waals surface area contributed by atoms with Gasteiger partial charge >= 0.3 is 0 Å². The number of carbonyl (C=O) groups excluding carboxylic acids is 2. The van der Waals surface area contributed by atoms with Gasteiger partial charge < -0.3 is 20.5 Å². The van der Waals surface area contributed by atoms with Gasteiger partial charge in [-0.15, -0.1) is 0 Å². The Kier molecular flexibility index (Phi) is 5.52. The van der Waals surface area contributed by atoms with Crippen molar-refractivity contribution in [2.45, 2.75) is 12.5 Å². The second-order valence-electron chi connectivity index (χ2n) is 6.15. The van der Waals surface area contributed by atoms with Gasteiger partial charge in [-0.25, -0.2) is 0 Å². The second kappa shape index (κ2) is 8.01. The van der Waals surface area contributed by atoms with Gasteiger partial charge in [0.25, 0.3) is 11.7 Å². The summed E-state index contributed by atoms with van der Waals surface area (Å²) >= 11 is 0. The number of hydrogen-bond donors (Lipinski definition) is 2. The van der Waals surface area contributed by atoms with Gasteiger partial charge in [0.1, 0.15) is 11.5 Å². The van der Waals surface area contributed by atoms with E-state index in [4.69, 9.17) is 10.5 Å². The number of ether oxygens (including phenoxy) is 1. The van der Waals surface area contributed by atoms with Gasteiger partial charge in [-0.05, 0) is 48.9 Å². The van der Waals surface area contributed by atoms with Crippen LogP contribution in [0.4, 0.5) is 0 Å². The number of rotatable bonds is 6. The lowest BCUT2D eigenvalue weighted by Gasteiger charge is -2.24. The number of hydrogen-bond acceptors (Lipinski definition) is 6. The molecule has 0 unspecified atom stereocenters. The van der Waals surface area contributed by atoms with Crippen molar-refractivity contribution in [1.29, 1.82) is 0 Å². The molecule has 0 radical (unpaired) electrons. The minimum absolute atomic E-state index is 0.0511. The summed E-state index contributed by atoms with van der Waals surface area (Å²) in [5.41, 5.74) is 6.71. The highest BCUT2D eigenvalue weighted by Gasteiger charge is 2.45. The number of nitrogens with zero attached hydrogens (tertiary/aromatic N) is 2. The molecule has 1 aromatic carbocycles. The molecule has 0 aliphatic carbocycles. The summed E-state index contributed by atoms with van der Waals surface area (Å²) < 4.78 is 5.12. The van der Waals surface area contributed by atoms with Gasteiger partial charge in [0.2, 0.25) is 0 Å². The average molecular weight is 367 g/mol. The zero-order valence-electron chi connectivity index (χ0n) is 15.0. The van der Waals surface area contributed by atoms with Crippen LogP contribution in [-0.2, 0) is 9.59 Å². The van der Waals surface area contributed by atoms with Crippen molar-refractivity contribution in [3.63, 3.8) is 0 Å². The Morgan fingerprint density at radius 1 is 1.26 bits per heavy atom. The van der Waals surface area contributed by atoms with E-state index in [1.54, 1.807) is 55.9 Å². The van der Waals surface area contributed by atoms with Gasteiger partial charge in [-0.1, -0.05) is 6.07 Å². The molecule has 7 nitrogen and oxygen atoms in total. The number of Topliss-reactive ketones (excluding diaryl/α,β-unsaturated/α-hetero) is 1. The van der Waals surface area contributed by atoms with Crippen LogP contribution in [0, 0.1) is 0 Å². The monoisotopic (exact) mass is 367 g/mol. The van der Waals surface area contributed by atoms with Crippen LogP contribution in [0.1, 0.15) is 23.6 Å². The molecule has 1 saturated heterocycles. The van der Waals surface area contributed by atoms with E-state index in [0.29, 0.717) is 36.4 Å². The van der Waals surface area contributed by atoms with Gasteiger partial charge in [0.05, 0.1) is 18.7 Å². The van der Waals surface area contributed by atoms with Crippen molar-refractivity contribution >= 4 is 17.4 Å². The normalized spacial score (nSPS) is 18.7. The van der Waals surface area contributed by atoms with E-state index in [1.165, 1.54) is 4.90 Å². The van der Waals surface area contributed by atoms with Crippen molar-refractivity contribution in [3.8, 4) is 5.75 Å². The molecule has 0 spiro atoms. The summed E-state index contributed by atoms with van der Waals surface area (Å²) in [5.74, 6) is -0.958. The van der Waals surface area contributed by atoms with Gasteiger partial charge in [0, 0.05) is 24.5 Å². The number of aliphatic hydroxyl groups excluding tert-OH is 1. The first-order valence-electron chi connectivity index (χ1n) is 8.61. The Balaban J connectivity index is 2.11. The molecular formula is C20H21N3O4. The van der Waals surface area contributed by atoms with Gasteiger partial charge in [0.15, 0.2) is 0 Å². The lowest BCUT2D eigenvalue weighted by atomic mass is 9.96. The molecule has 1 aliphatic heterocycles. The highest BCUT2D eigenvalue weighted by atomic mass is 16.5. The largest absolute Gasteiger partial charge is 0.507 e. The number of aliphatic hydroxyl groups is 1. The molecule has 3 rings (SSSR count). The number of carbonyl (C=O) groups is 2. The summed E-state index contributed by atoms with van der Waals surface area (Å²) in [6.07, 6.45) is 3.75. The van der Waals surface area contributed by atoms with Crippen LogP contribution in [-0.4, -0.2) is 46.9 Å². The van der Waals surface area contributed by atoms with Crippen LogP contribution in [0.3, 0.4) is 0 Å². The average Bonchev–Trinajstić information content (AvgIpc) is 2.97. The highest BCUT2D eigenvalue weighted by molar-refractivity contribution is 6.46. The summed E-state index contributed by atoms with van der Waals surface area (Å²) in [6, 6.07) is 9.44. The fraction of sp³-hybridized carbons (Fsp3) is 0.250. The van der Waals surface area contributed by atoms with E-state index >= 15 is 0 Å². The van der Waals surface area contributed by atoms with Crippen molar-refractivity contribution in [3.05, 3.63) is 65.5 Å². The molecule has 2 heterocycles. The maximum Gasteiger partial charge on any atom is 0.295 e. The third kappa shape index (κ3) is 3.54. The van der Waals surface area contributed by atoms with Crippen LogP contribution in [0.2, 0.25) is 0 Å². The molecule has 1 amide bonds.